The smallest absolute Gasteiger partial charge is 0.394 e. The predicted octanol–water partition coefficient (Wildman–Crippen LogP) is 1.31. The molecule has 0 unspecified atom stereocenters. The molecule has 13 heavy (non-hydrogen) atoms. The number of nitrogens with one attached hydrogen (secondary N) is 1. The van der Waals surface area contributed by atoms with Crippen LogP contribution in [0.4, 0.5) is 5.69 Å². The first-order valence-corrected chi connectivity index (χ1v) is 4.47. The van der Waals surface area contributed by atoms with Crippen molar-refractivity contribution in [3.63, 3.8) is 0 Å². The van der Waals surface area contributed by atoms with Crippen LogP contribution in [0.3, 0.4) is 0 Å². The molecule has 0 heterocycles. The van der Waals surface area contributed by atoms with Crippen molar-refractivity contribution in [3.8, 4) is 0 Å². The van der Waals surface area contributed by atoms with Gasteiger partial charge in [-0.05, 0) is 40.8 Å². The quantitative estimate of drug-likeness (QED) is 0.605. The van der Waals surface area contributed by atoms with Crippen molar-refractivity contribution in [1.29, 1.82) is 0 Å². The summed E-state index contributed by atoms with van der Waals surface area (Å²) in [6, 6.07) is 6.89. The van der Waals surface area contributed by atoms with Crippen molar-refractivity contribution < 1.29 is 14.7 Å². The second-order valence-electron chi connectivity index (χ2n) is 2.27. The Kier molecular flexibility index (Phi) is 3.24. The van der Waals surface area contributed by atoms with Gasteiger partial charge in [0.15, 0.2) is 0 Å². The largest absolute Gasteiger partial charge is 0.474 e. The van der Waals surface area contributed by atoms with Crippen LogP contribution in [-0.2, 0) is 9.59 Å². The summed E-state index contributed by atoms with van der Waals surface area (Å²) in [5.41, 5.74) is 0.485. The topological polar surface area (TPSA) is 66.4 Å². The summed E-state index contributed by atoms with van der Waals surface area (Å²) < 4.78 is 0.931. The van der Waals surface area contributed by atoms with Crippen molar-refractivity contribution in [2.75, 3.05) is 5.32 Å². The van der Waals surface area contributed by atoms with Gasteiger partial charge in [0.05, 0.1) is 0 Å². The first-order valence-electron chi connectivity index (χ1n) is 3.39. The van der Waals surface area contributed by atoms with E-state index in [-0.39, 0.29) is 0 Å². The van der Waals surface area contributed by atoms with Crippen molar-refractivity contribution in [2.24, 2.45) is 0 Å². The fourth-order valence-corrected chi connectivity index (χ4v) is 1.29. The molecular weight excluding hydrogens is 285 g/mol. The number of benzene rings is 1. The van der Waals surface area contributed by atoms with E-state index < -0.39 is 11.9 Å². The third kappa shape index (κ3) is 3.02. The molecule has 1 aromatic carbocycles. The molecule has 2 N–H and O–H groups in total. The molecule has 0 saturated carbocycles. The zero-order valence-electron chi connectivity index (χ0n) is 6.45. The molecule has 1 rings (SSSR count). The summed E-state index contributed by atoms with van der Waals surface area (Å²) in [6.45, 7) is 0. The monoisotopic (exact) mass is 291 g/mol. The molecule has 0 atom stereocenters. The van der Waals surface area contributed by atoms with Gasteiger partial charge in [0.25, 0.3) is 0 Å². The van der Waals surface area contributed by atoms with E-state index in [4.69, 9.17) is 5.11 Å². The van der Waals surface area contributed by atoms with Crippen LogP contribution in [0.1, 0.15) is 0 Å². The number of hydrogen-bond acceptors (Lipinski definition) is 2. The minimum absolute atomic E-state index is 0.485. The summed E-state index contributed by atoms with van der Waals surface area (Å²) in [4.78, 5) is 20.9. The summed E-state index contributed by atoms with van der Waals surface area (Å²) in [7, 11) is 0. The van der Waals surface area contributed by atoms with E-state index in [1.165, 1.54) is 0 Å². The van der Waals surface area contributed by atoms with Crippen LogP contribution in [-0.4, -0.2) is 17.0 Å². The third-order valence-electron chi connectivity index (χ3n) is 1.28. The number of carboxylic acids is 1. The molecule has 0 aliphatic heterocycles. The minimum Gasteiger partial charge on any atom is -0.474 e. The summed E-state index contributed by atoms with van der Waals surface area (Å²) in [6.07, 6.45) is 0. The highest BCUT2D eigenvalue weighted by molar-refractivity contribution is 14.1. The predicted molar refractivity (Wildman–Crippen MR) is 55.4 cm³/mol. The van der Waals surface area contributed by atoms with Gasteiger partial charge >= 0.3 is 11.9 Å². The Morgan fingerprint density at radius 3 is 2.62 bits per heavy atom. The number of amides is 1. The lowest BCUT2D eigenvalue weighted by atomic mass is 10.3. The maximum Gasteiger partial charge on any atom is 0.394 e. The maximum atomic E-state index is 10.7. The van der Waals surface area contributed by atoms with Crippen molar-refractivity contribution in [2.45, 2.75) is 0 Å². The van der Waals surface area contributed by atoms with Crippen LogP contribution in [0, 0.1) is 3.57 Å². The molecule has 0 bridgehead atoms. The molecule has 5 heteroatoms. The highest BCUT2D eigenvalue weighted by atomic mass is 127. The Morgan fingerprint density at radius 2 is 2.08 bits per heavy atom. The standard InChI is InChI=1S/C8H6INO3/c9-5-2-1-3-6(4-5)10-7(11)8(12)13/h1-4H,(H,10,11)(H,12,13). The molecule has 1 amide bonds. The molecule has 0 aliphatic rings. The SMILES string of the molecule is O=C(O)C(=O)Nc1cccc(I)c1. The first kappa shape index (κ1) is 9.97. The molecule has 4 nitrogen and oxygen atoms in total. The van der Waals surface area contributed by atoms with Gasteiger partial charge in [-0.1, -0.05) is 6.07 Å². The third-order valence-corrected chi connectivity index (χ3v) is 1.95. The molecule has 0 aromatic heterocycles. The van der Waals surface area contributed by atoms with E-state index in [2.05, 4.69) is 27.9 Å². The van der Waals surface area contributed by atoms with Crippen LogP contribution < -0.4 is 5.32 Å². The second kappa shape index (κ2) is 4.22. The zero-order chi connectivity index (χ0) is 9.84. The van der Waals surface area contributed by atoms with Crippen LogP contribution in [0.15, 0.2) is 24.3 Å². The highest BCUT2D eigenvalue weighted by Gasteiger charge is 2.10. The number of rotatable bonds is 1. The molecule has 0 saturated heterocycles. The Bertz CT molecular complexity index is 351. The van der Waals surface area contributed by atoms with Crippen molar-refractivity contribution in [3.05, 3.63) is 27.8 Å². The molecule has 0 radical (unpaired) electrons. The van der Waals surface area contributed by atoms with Gasteiger partial charge in [0.2, 0.25) is 0 Å². The summed E-state index contributed by atoms with van der Waals surface area (Å²) in [5.74, 6) is -2.51. The zero-order valence-corrected chi connectivity index (χ0v) is 8.61. The molecular formula is C8H6INO3. The van der Waals surface area contributed by atoms with Crippen LogP contribution in [0.2, 0.25) is 0 Å². The summed E-state index contributed by atoms with van der Waals surface area (Å²) >= 11 is 2.07. The van der Waals surface area contributed by atoms with Gasteiger partial charge in [-0.3, -0.25) is 4.79 Å². The average Bonchev–Trinajstić information content (AvgIpc) is 2.04. The number of halogens is 1. The van der Waals surface area contributed by atoms with E-state index in [0.29, 0.717) is 5.69 Å². The molecule has 0 spiro atoms. The fraction of sp³-hybridized carbons (Fsp3) is 0. The van der Waals surface area contributed by atoms with Gasteiger partial charge in [-0.2, -0.15) is 0 Å². The number of hydrogen-bond donors (Lipinski definition) is 2. The summed E-state index contributed by atoms with van der Waals surface area (Å²) in [5, 5.41) is 10.5. The number of aliphatic carboxylic acids is 1. The lowest BCUT2D eigenvalue weighted by Gasteiger charge is -2.01. The molecule has 1 aromatic rings. The first-order chi connectivity index (χ1) is 6.09. The van der Waals surface area contributed by atoms with Crippen LogP contribution >= 0.6 is 22.6 Å². The average molecular weight is 291 g/mol. The van der Waals surface area contributed by atoms with Crippen LogP contribution in [0.5, 0.6) is 0 Å². The van der Waals surface area contributed by atoms with Crippen LogP contribution in [0.25, 0.3) is 0 Å². The Morgan fingerprint density at radius 1 is 1.38 bits per heavy atom. The highest BCUT2D eigenvalue weighted by Crippen LogP contribution is 2.11. The molecule has 0 aliphatic carbocycles. The lowest BCUT2D eigenvalue weighted by molar-refractivity contribution is -0.147. The van der Waals surface area contributed by atoms with Gasteiger partial charge in [-0.15, -0.1) is 0 Å². The minimum atomic E-state index is -1.49. The van der Waals surface area contributed by atoms with Crippen molar-refractivity contribution in [1.82, 2.24) is 0 Å². The van der Waals surface area contributed by atoms with Gasteiger partial charge in [0.1, 0.15) is 0 Å². The van der Waals surface area contributed by atoms with E-state index in [9.17, 15) is 9.59 Å². The van der Waals surface area contributed by atoms with E-state index in [0.717, 1.165) is 3.57 Å². The molecule has 0 fully saturated rings. The van der Waals surface area contributed by atoms with Crippen molar-refractivity contribution >= 4 is 40.2 Å². The number of carbonyl (C=O) groups is 2. The normalized spacial score (nSPS) is 9.31. The Hall–Kier alpha value is -1.11. The number of carboxylic acid groups (broad SMARTS) is 1. The van der Waals surface area contributed by atoms with Gasteiger partial charge < -0.3 is 10.4 Å². The van der Waals surface area contributed by atoms with E-state index >= 15 is 0 Å². The molecule has 68 valence electrons. The van der Waals surface area contributed by atoms with E-state index in [1.807, 2.05) is 6.07 Å². The number of carbonyl (C=O) groups excluding carboxylic acids is 1. The number of anilines is 1. The van der Waals surface area contributed by atoms with E-state index in [1.54, 1.807) is 18.2 Å². The van der Waals surface area contributed by atoms with Gasteiger partial charge in [-0.25, -0.2) is 4.79 Å². The maximum absolute atomic E-state index is 10.7. The second-order valence-corrected chi connectivity index (χ2v) is 3.52. The fourth-order valence-electron chi connectivity index (χ4n) is 0.751. The Balaban J connectivity index is 2.75. The Labute approximate surface area is 88.1 Å². The van der Waals surface area contributed by atoms with Gasteiger partial charge in [0, 0.05) is 9.26 Å². The lowest BCUT2D eigenvalue weighted by Crippen LogP contribution is -2.21.